The zero-order valence-corrected chi connectivity index (χ0v) is 17.7. The van der Waals surface area contributed by atoms with Crippen LogP contribution in [0.25, 0.3) is 20.8 Å². The summed E-state index contributed by atoms with van der Waals surface area (Å²) in [6.07, 6.45) is 0.757. The summed E-state index contributed by atoms with van der Waals surface area (Å²) in [5, 5.41) is 10.5. The van der Waals surface area contributed by atoms with Gasteiger partial charge in [0.1, 0.15) is 21.5 Å². The van der Waals surface area contributed by atoms with Gasteiger partial charge in [0.25, 0.3) is 0 Å². The van der Waals surface area contributed by atoms with Gasteiger partial charge in [-0.1, -0.05) is 28.7 Å². The number of aromatic nitrogens is 3. The van der Waals surface area contributed by atoms with E-state index < -0.39 is 0 Å². The molecule has 0 bridgehead atoms. The Morgan fingerprint density at radius 1 is 1.07 bits per heavy atom. The molecule has 0 aliphatic carbocycles. The molecule has 2 heterocycles. The van der Waals surface area contributed by atoms with E-state index >= 15 is 0 Å². The maximum atomic E-state index is 12.5. The van der Waals surface area contributed by atoms with E-state index in [2.05, 4.69) is 15.2 Å². The molecule has 0 saturated carbocycles. The molecule has 0 aliphatic rings. The summed E-state index contributed by atoms with van der Waals surface area (Å²) in [4.78, 5) is 16.7. The van der Waals surface area contributed by atoms with E-state index in [1.54, 1.807) is 0 Å². The maximum absolute atomic E-state index is 12.5. The van der Waals surface area contributed by atoms with E-state index in [0.717, 1.165) is 37.1 Å². The number of carbonyl (C=O) groups excluding carboxylic acids is 1. The first kappa shape index (κ1) is 19.5. The third-order valence-electron chi connectivity index (χ3n) is 4.16. The largest absolute Gasteiger partial charge is 0.491 e. The highest BCUT2D eigenvalue weighted by Crippen LogP contribution is 2.27. The van der Waals surface area contributed by atoms with Gasteiger partial charge in [0.2, 0.25) is 0 Å². The van der Waals surface area contributed by atoms with Crippen molar-refractivity contribution in [2.24, 2.45) is 0 Å². The molecule has 0 saturated heterocycles. The minimum Gasteiger partial charge on any atom is -0.491 e. The molecule has 8 heteroatoms. The number of benzene rings is 2. The Hall–Kier alpha value is -2.84. The van der Waals surface area contributed by atoms with Crippen LogP contribution in [0.15, 0.2) is 42.5 Å². The predicted molar refractivity (Wildman–Crippen MR) is 118 cm³/mol. The maximum Gasteiger partial charge on any atom is 0.181 e. The number of fused-ring (bicyclic) bond motifs is 1. The Labute approximate surface area is 176 Å². The Balaban J connectivity index is 1.40. The van der Waals surface area contributed by atoms with Crippen molar-refractivity contribution in [1.82, 2.24) is 15.2 Å². The number of ether oxygens (including phenoxy) is 1. The second-order valence-electron chi connectivity index (χ2n) is 6.94. The summed E-state index contributed by atoms with van der Waals surface area (Å²) in [6.45, 7) is 3.99. The third-order valence-corrected chi connectivity index (χ3v) is 5.98. The lowest BCUT2D eigenvalue weighted by molar-refractivity contribution is -0.117. The fourth-order valence-corrected chi connectivity index (χ4v) is 4.62. The lowest BCUT2D eigenvalue weighted by Crippen LogP contribution is -2.06. The molecule has 0 radical (unpaired) electrons. The van der Waals surface area contributed by atoms with E-state index in [-0.39, 0.29) is 18.3 Å². The average Bonchev–Trinajstić information content (AvgIpc) is 3.27. The van der Waals surface area contributed by atoms with Crippen LogP contribution in [0, 0.1) is 0 Å². The molecule has 2 aromatic heterocycles. The van der Waals surface area contributed by atoms with E-state index in [4.69, 9.17) is 10.5 Å². The van der Waals surface area contributed by atoms with Crippen LogP contribution in [0.4, 0.5) is 5.13 Å². The van der Waals surface area contributed by atoms with Gasteiger partial charge in [-0.3, -0.25) is 4.79 Å². The fraction of sp³-hybridized carbons (Fsp3) is 0.238. The Morgan fingerprint density at radius 3 is 2.62 bits per heavy atom. The molecule has 4 aromatic rings. The Bertz CT molecular complexity index is 1150. The van der Waals surface area contributed by atoms with Crippen LogP contribution in [0.3, 0.4) is 0 Å². The van der Waals surface area contributed by atoms with Crippen molar-refractivity contribution in [3.63, 3.8) is 0 Å². The summed E-state index contributed by atoms with van der Waals surface area (Å²) in [5.74, 6) is 0.925. The number of ketones is 1. The SMILES string of the molecule is CC(C)Oc1ccc(-c2nnc(CC(=O)Cc3ccc4nc(N)sc4c3)s2)cc1. The normalized spacial score (nSPS) is 11.3. The highest BCUT2D eigenvalue weighted by atomic mass is 32.1. The van der Waals surface area contributed by atoms with Crippen LogP contribution in [-0.2, 0) is 17.6 Å². The smallest absolute Gasteiger partial charge is 0.181 e. The van der Waals surface area contributed by atoms with Crippen molar-refractivity contribution in [1.29, 1.82) is 0 Å². The zero-order chi connectivity index (χ0) is 20.4. The number of hydrogen-bond acceptors (Lipinski definition) is 8. The van der Waals surface area contributed by atoms with Crippen LogP contribution < -0.4 is 10.5 Å². The molecule has 6 nitrogen and oxygen atoms in total. The van der Waals surface area contributed by atoms with Crippen molar-refractivity contribution < 1.29 is 9.53 Å². The number of hydrogen-bond donors (Lipinski definition) is 1. The van der Waals surface area contributed by atoms with Crippen LogP contribution in [-0.4, -0.2) is 27.1 Å². The molecular weight excluding hydrogens is 404 g/mol. The minimum absolute atomic E-state index is 0.102. The van der Waals surface area contributed by atoms with Gasteiger partial charge in [-0.15, -0.1) is 10.2 Å². The molecule has 0 aliphatic heterocycles. The van der Waals surface area contributed by atoms with Crippen molar-refractivity contribution in [2.75, 3.05) is 5.73 Å². The highest BCUT2D eigenvalue weighted by Gasteiger charge is 2.13. The minimum atomic E-state index is 0.102. The summed E-state index contributed by atoms with van der Waals surface area (Å²) < 4.78 is 6.66. The van der Waals surface area contributed by atoms with Gasteiger partial charge in [-0.25, -0.2) is 4.98 Å². The Kier molecular flexibility index (Phi) is 5.55. The zero-order valence-electron chi connectivity index (χ0n) is 16.1. The summed E-state index contributed by atoms with van der Waals surface area (Å²) >= 11 is 2.87. The fourth-order valence-electron chi connectivity index (χ4n) is 2.95. The molecule has 29 heavy (non-hydrogen) atoms. The first-order chi connectivity index (χ1) is 14.0. The number of Topliss-reactive ketones (excluding diaryl/α,β-unsaturated/α-hetero) is 1. The number of carbonyl (C=O) groups is 1. The van der Waals surface area contributed by atoms with Crippen molar-refractivity contribution in [3.8, 4) is 16.3 Å². The molecule has 2 N–H and O–H groups in total. The number of nitrogen functional groups attached to an aromatic ring is 1. The first-order valence-corrected chi connectivity index (χ1v) is 10.9. The van der Waals surface area contributed by atoms with Crippen molar-refractivity contribution >= 4 is 43.8 Å². The average molecular weight is 425 g/mol. The van der Waals surface area contributed by atoms with Gasteiger partial charge in [-0.2, -0.15) is 0 Å². The molecule has 0 unspecified atom stereocenters. The number of anilines is 1. The molecule has 0 atom stereocenters. The number of rotatable bonds is 7. The van der Waals surface area contributed by atoms with E-state index in [1.807, 2.05) is 56.3 Å². The monoisotopic (exact) mass is 424 g/mol. The molecule has 4 rings (SSSR count). The second-order valence-corrected chi connectivity index (χ2v) is 9.06. The van der Waals surface area contributed by atoms with Crippen LogP contribution in [0.1, 0.15) is 24.4 Å². The van der Waals surface area contributed by atoms with Crippen molar-refractivity contribution in [2.45, 2.75) is 32.8 Å². The molecule has 0 fully saturated rings. The number of thiazole rings is 1. The quantitative estimate of drug-likeness (QED) is 0.468. The van der Waals surface area contributed by atoms with Crippen LogP contribution >= 0.6 is 22.7 Å². The van der Waals surface area contributed by atoms with Gasteiger partial charge in [0.05, 0.1) is 22.7 Å². The van der Waals surface area contributed by atoms with Crippen LogP contribution in [0.2, 0.25) is 0 Å². The Morgan fingerprint density at radius 2 is 1.86 bits per heavy atom. The molecule has 2 aromatic carbocycles. The van der Waals surface area contributed by atoms with E-state index in [0.29, 0.717) is 11.6 Å². The first-order valence-electron chi connectivity index (χ1n) is 9.22. The van der Waals surface area contributed by atoms with Crippen LogP contribution in [0.5, 0.6) is 5.75 Å². The molecule has 0 amide bonds. The predicted octanol–water partition coefficient (Wildman–Crippen LogP) is 4.54. The van der Waals surface area contributed by atoms with Crippen molar-refractivity contribution in [3.05, 3.63) is 53.0 Å². The second kappa shape index (κ2) is 8.26. The van der Waals surface area contributed by atoms with Gasteiger partial charge >= 0.3 is 0 Å². The molecule has 0 spiro atoms. The van der Waals surface area contributed by atoms with Gasteiger partial charge in [-0.05, 0) is 55.8 Å². The molecular formula is C21H20N4O2S2. The lowest BCUT2D eigenvalue weighted by atomic mass is 10.1. The standard InChI is InChI=1S/C21H20N4O2S2/c1-12(2)27-16-6-4-14(5-7-16)20-25-24-19(29-20)11-15(26)9-13-3-8-17-18(10-13)28-21(22)23-17/h3-8,10,12H,9,11H2,1-2H3,(H2,22,23). The highest BCUT2D eigenvalue weighted by molar-refractivity contribution is 7.22. The summed E-state index contributed by atoms with van der Waals surface area (Å²) in [5.41, 5.74) is 8.53. The van der Waals surface area contributed by atoms with Gasteiger partial charge < -0.3 is 10.5 Å². The topological polar surface area (TPSA) is 91.0 Å². The van der Waals surface area contributed by atoms with Gasteiger partial charge in [0.15, 0.2) is 5.13 Å². The van der Waals surface area contributed by atoms with E-state index in [1.165, 1.54) is 22.7 Å². The number of nitrogens with two attached hydrogens (primary N) is 1. The summed E-state index contributed by atoms with van der Waals surface area (Å²) in [7, 11) is 0. The lowest BCUT2D eigenvalue weighted by Gasteiger charge is -2.09. The van der Waals surface area contributed by atoms with E-state index in [9.17, 15) is 4.79 Å². The third kappa shape index (κ3) is 4.78. The number of nitrogens with zero attached hydrogens (tertiary/aromatic N) is 3. The molecule has 148 valence electrons. The van der Waals surface area contributed by atoms with Gasteiger partial charge in [0, 0.05) is 12.0 Å². The summed E-state index contributed by atoms with van der Waals surface area (Å²) in [6, 6.07) is 13.6.